The quantitative estimate of drug-likeness (QED) is 0.476. The lowest BCUT2D eigenvalue weighted by Crippen LogP contribution is -2.01. The molecular weight excluding hydrogens is 358 g/mol. The Morgan fingerprint density at radius 3 is 2.86 bits per heavy atom. The van der Waals surface area contributed by atoms with Crippen molar-refractivity contribution in [2.24, 2.45) is 0 Å². The van der Waals surface area contributed by atoms with Crippen LogP contribution < -0.4 is 4.74 Å². The summed E-state index contributed by atoms with van der Waals surface area (Å²) in [5.41, 5.74) is 5.11. The fourth-order valence-electron chi connectivity index (χ4n) is 3.42. The molecule has 0 atom stereocenters. The highest BCUT2D eigenvalue weighted by Crippen LogP contribution is 2.31. The van der Waals surface area contributed by atoms with E-state index in [0.717, 1.165) is 39.4 Å². The first-order valence-electron chi connectivity index (χ1n) is 8.76. The molecule has 0 aliphatic carbocycles. The van der Waals surface area contributed by atoms with E-state index in [1.54, 1.807) is 17.8 Å². The Balaban J connectivity index is 1.67. The number of hydrogen-bond acceptors (Lipinski definition) is 7. The average molecular weight is 375 g/mol. The third-order valence-corrected chi connectivity index (χ3v) is 4.71. The molecule has 9 nitrogen and oxygen atoms in total. The van der Waals surface area contributed by atoms with Gasteiger partial charge in [0.1, 0.15) is 17.7 Å². The number of aromatic nitrogens is 7. The van der Waals surface area contributed by atoms with Gasteiger partial charge in [-0.3, -0.25) is 0 Å². The minimum Gasteiger partial charge on any atom is -0.479 e. The van der Waals surface area contributed by atoms with Crippen molar-refractivity contribution in [2.75, 3.05) is 7.11 Å². The Bertz CT molecular complexity index is 1310. The average Bonchev–Trinajstić information content (AvgIpc) is 3.39. The molecular formula is C19H17N7O2. The number of aryl methyl sites for hydroxylation is 2. The lowest BCUT2D eigenvalue weighted by molar-refractivity contribution is 0.373. The molecule has 0 aliphatic heterocycles. The van der Waals surface area contributed by atoms with Crippen molar-refractivity contribution in [1.82, 2.24) is 34.3 Å². The van der Waals surface area contributed by atoms with Crippen molar-refractivity contribution in [1.29, 1.82) is 0 Å². The van der Waals surface area contributed by atoms with E-state index >= 15 is 0 Å². The zero-order valence-corrected chi connectivity index (χ0v) is 15.6. The maximum absolute atomic E-state index is 5.42. The van der Waals surface area contributed by atoms with Crippen LogP contribution in [0.4, 0.5) is 0 Å². The molecule has 140 valence electrons. The second-order valence-electron chi connectivity index (χ2n) is 6.54. The van der Waals surface area contributed by atoms with Crippen molar-refractivity contribution in [2.45, 2.75) is 20.4 Å². The Labute approximate surface area is 159 Å². The van der Waals surface area contributed by atoms with Crippen LogP contribution in [-0.4, -0.2) is 41.4 Å². The summed E-state index contributed by atoms with van der Waals surface area (Å²) in [4.78, 5) is 13.3. The van der Waals surface area contributed by atoms with E-state index in [9.17, 15) is 0 Å². The molecule has 0 radical (unpaired) electrons. The van der Waals surface area contributed by atoms with Crippen LogP contribution in [-0.2, 0) is 6.54 Å². The van der Waals surface area contributed by atoms with Gasteiger partial charge in [0.15, 0.2) is 11.4 Å². The van der Waals surface area contributed by atoms with Crippen molar-refractivity contribution in [3.8, 4) is 17.0 Å². The summed E-state index contributed by atoms with van der Waals surface area (Å²) in [6.45, 7) is 4.39. The molecule has 0 aliphatic rings. The van der Waals surface area contributed by atoms with E-state index in [0.29, 0.717) is 18.1 Å². The van der Waals surface area contributed by atoms with E-state index in [4.69, 9.17) is 9.26 Å². The van der Waals surface area contributed by atoms with Crippen LogP contribution in [0.1, 0.15) is 17.3 Å². The zero-order chi connectivity index (χ0) is 19.3. The molecule has 0 bridgehead atoms. The van der Waals surface area contributed by atoms with Gasteiger partial charge in [-0.05, 0) is 26.0 Å². The van der Waals surface area contributed by atoms with E-state index < -0.39 is 0 Å². The van der Waals surface area contributed by atoms with E-state index in [1.807, 2.05) is 32.2 Å². The zero-order valence-electron chi connectivity index (χ0n) is 15.6. The monoisotopic (exact) mass is 375 g/mol. The van der Waals surface area contributed by atoms with E-state index in [2.05, 4.69) is 35.8 Å². The van der Waals surface area contributed by atoms with Crippen LogP contribution in [0.2, 0.25) is 0 Å². The standard InChI is InChI=1S/C19H17N7O2/c1-11-6-14(28-24-11)9-25-12(2)23-18-16(25)7-13(8-20-18)15-4-5-26-17(15)19(27-3)21-10-22-26/h4-8,10H,9H2,1-3H3. The Morgan fingerprint density at radius 2 is 2.07 bits per heavy atom. The van der Waals surface area contributed by atoms with Crippen LogP contribution in [0.3, 0.4) is 0 Å². The molecule has 5 aromatic rings. The number of imidazole rings is 1. The molecule has 0 aromatic carbocycles. The van der Waals surface area contributed by atoms with Gasteiger partial charge in [-0.2, -0.15) is 10.1 Å². The third kappa shape index (κ3) is 2.51. The van der Waals surface area contributed by atoms with E-state index in [1.165, 1.54) is 6.33 Å². The number of pyridine rings is 1. The normalized spacial score (nSPS) is 11.5. The summed E-state index contributed by atoms with van der Waals surface area (Å²) in [5, 5.41) is 8.21. The number of methoxy groups -OCH3 is 1. The van der Waals surface area contributed by atoms with Gasteiger partial charge in [0.25, 0.3) is 0 Å². The molecule has 0 fully saturated rings. The summed E-state index contributed by atoms with van der Waals surface area (Å²) < 4.78 is 14.6. The van der Waals surface area contributed by atoms with Crippen molar-refractivity contribution in [3.63, 3.8) is 0 Å². The summed E-state index contributed by atoms with van der Waals surface area (Å²) in [6.07, 6.45) is 5.15. The smallest absolute Gasteiger partial charge is 0.241 e. The molecule has 0 unspecified atom stereocenters. The number of ether oxygens (including phenoxy) is 1. The van der Waals surface area contributed by atoms with Crippen molar-refractivity contribution >= 4 is 16.7 Å². The number of fused-ring (bicyclic) bond motifs is 2. The summed E-state index contributed by atoms with van der Waals surface area (Å²) >= 11 is 0. The molecule has 5 heterocycles. The molecule has 0 spiro atoms. The van der Waals surface area contributed by atoms with Crippen molar-refractivity contribution in [3.05, 3.63) is 54.2 Å². The van der Waals surface area contributed by atoms with Gasteiger partial charge < -0.3 is 13.8 Å². The summed E-state index contributed by atoms with van der Waals surface area (Å²) in [5.74, 6) is 2.14. The van der Waals surface area contributed by atoms with Gasteiger partial charge in [-0.15, -0.1) is 0 Å². The molecule has 28 heavy (non-hydrogen) atoms. The second kappa shape index (κ2) is 6.15. The Morgan fingerprint density at radius 1 is 1.18 bits per heavy atom. The van der Waals surface area contributed by atoms with Gasteiger partial charge in [-0.1, -0.05) is 5.16 Å². The van der Waals surface area contributed by atoms with Crippen LogP contribution in [0.5, 0.6) is 5.88 Å². The summed E-state index contributed by atoms with van der Waals surface area (Å²) in [7, 11) is 1.60. The topological polar surface area (TPSA) is 96.2 Å². The van der Waals surface area contributed by atoms with Crippen LogP contribution in [0.15, 0.2) is 41.4 Å². The molecule has 5 aromatic heterocycles. The first kappa shape index (κ1) is 16.4. The van der Waals surface area contributed by atoms with Gasteiger partial charge >= 0.3 is 0 Å². The fourth-order valence-corrected chi connectivity index (χ4v) is 3.42. The predicted octanol–water partition coefficient (Wildman–Crippen LogP) is 2.80. The van der Waals surface area contributed by atoms with E-state index in [-0.39, 0.29) is 0 Å². The van der Waals surface area contributed by atoms with Crippen molar-refractivity contribution < 1.29 is 9.26 Å². The fraction of sp³-hybridized carbons (Fsp3) is 0.211. The number of hydrogen-bond donors (Lipinski definition) is 0. The predicted molar refractivity (Wildman–Crippen MR) is 101 cm³/mol. The Hall–Kier alpha value is -3.75. The van der Waals surface area contributed by atoms with Crippen LogP contribution in [0, 0.1) is 13.8 Å². The maximum atomic E-state index is 5.42. The SMILES string of the molecule is COc1ncnn2ccc(-c3cnc4nc(C)n(Cc5cc(C)no5)c4c3)c12. The number of rotatable bonds is 4. The lowest BCUT2D eigenvalue weighted by Gasteiger charge is -2.06. The van der Waals surface area contributed by atoms with Gasteiger partial charge in [0, 0.05) is 29.6 Å². The minimum absolute atomic E-state index is 0.511. The van der Waals surface area contributed by atoms with Gasteiger partial charge in [0.05, 0.1) is 24.9 Å². The second-order valence-corrected chi connectivity index (χ2v) is 6.54. The highest BCUT2D eigenvalue weighted by molar-refractivity contribution is 5.87. The van der Waals surface area contributed by atoms with Crippen LogP contribution >= 0.6 is 0 Å². The molecule has 9 heteroatoms. The first-order valence-corrected chi connectivity index (χ1v) is 8.76. The molecule has 0 amide bonds. The number of nitrogens with zero attached hydrogens (tertiary/aromatic N) is 7. The van der Waals surface area contributed by atoms with Gasteiger partial charge in [-0.25, -0.2) is 14.5 Å². The first-order chi connectivity index (χ1) is 13.6. The molecule has 0 N–H and O–H groups in total. The molecule has 0 saturated carbocycles. The van der Waals surface area contributed by atoms with Crippen LogP contribution in [0.25, 0.3) is 27.8 Å². The lowest BCUT2D eigenvalue weighted by atomic mass is 10.1. The highest BCUT2D eigenvalue weighted by Gasteiger charge is 2.16. The molecule has 0 saturated heterocycles. The van der Waals surface area contributed by atoms with Gasteiger partial charge in [0.2, 0.25) is 5.88 Å². The molecule has 5 rings (SSSR count). The Kier molecular flexibility index (Phi) is 3.61. The third-order valence-electron chi connectivity index (χ3n) is 4.71. The minimum atomic E-state index is 0.511. The maximum Gasteiger partial charge on any atom is 0.241 e. The highest BCUT2D eigenvalue weighted by atomic mass is 16.5. The largest absolute Gasteiger partial charge is 0.479 e. The summed E-state index contributed by atoms with van der Waals surface area (Å²) in [6, 6.07) is 5.96.